The van der Waals surface area contributed by atoms with Crippen molar-refractivity contribution < 1.29 is 4.79 Å². The molecule has 0 aliphatic carbocycles. The second-order valence-electron chi connectivity index (χ2n) is 6.09. The largest absolute Gasteiger partial charge is 0.366 e. The van der Waals surface area contributed by atoms with Crippen molar-refractivity contribution in [1.29, 1.82) is 0 Å². The molecule has 118 valence electrons. The number of nitrogens with two attached hydrogens (primary N) is 1. The van der Waals surface area contributed by atoms with Gasteiger partial charge in [-0.25, -0.2) is 0 Å². The molecular formula is C18H19N3OS. The molecule has 0 spiro atoms. The SMILES string of the molecule is NC(=O)c1cc(-c2ccsc2)cc2c(C3CCNCC3)c[nH]c12. The monoisotopic (exact) mass is 325 g/mol. The number of nitrogens with one attached hydrogen (secondary N) is 2. The summed E-state index contributed by atoms with van der Waals surface area (Å²) in [6.07, 6.45) is 4.31. The van der Waals surface area contributed by atoms with Crippen LogP contribution in [-0.4, -0.2) is 24.0 Å². The third kappa shape index (κ3) is 2.56. The van der Waals surface area contributed by atoms with Gasteiger partial charge in [0.05, 0.1) is 11.1 Å². The zero-order chi connectivity index (χ0) is 15.8. The molecule has 0 radical (unpaired) electrons. The highest BCUT2D eigenvalue weighted by Gasteiger charge is 2.21. The van der Waals surface area contributed by atoms with Crippen molar-refractivity contribution in [3.63, 3.8) is 0 Å². The summed E-state index contributed by atoms with van der Waals surface area (Å²) in [7, 11) is 0. The van der Waals surface area contributed by atoms with E-state index in [0.717, 1.165) is 48.0 Å². The second kappa shape index (κ2) is 5.83. The van der Waals surface area contributed by atoms with Crippen LogP contribution in [0.3, 0.4) is 0 Å². The van der Waals surface area contributed by atoms with Gasteiger partial charge in [0.25, 0.3) is 5.91 Å². The van der Waals surface area contributed by atoms with Crippen LogP contribution in [0.15, 0.2) is 35.2 Å². The van der Waals surface area contributed by atoms with E-state index in [2.05, 4.69) is 34.0 Å². The zero-order valence-corrected chi connectivity index (χ0v) is 13.6. The molecule has 3 aromatic rings. The number of carbonyl (C=O) groups excluding carboxylic acids is 1. The molecule has 1 aromatic carbocycles. The van der Waals surface area contributed by atoms with E-state index in [1.54, 1.807) is 11.3 Å². The molecular weight excluding hydrogens is 306 g/mol. The maximum absolute atomic E-state index is 11.9. The standard InChI is InChI=1S/C18H19N3OS/c19-18(22)15-8-13(12-3-6-23-10-12)7-14-16(9-21-17(14)15)11-1-4-20-5-2-11/h3,6-11,20-21H,1-2,4-5H2,(H2,19,22). The Bertz CT molecular complexity index is 845. The lowest BCUT2D eigenvalue weighted by Gasteiger charge is -2.22. The van der Waals surface area contributed by atoms with Gasteiger partial charge in [-0.1, -0.05) is 0 Å². The van der Waals surface area contributed by atoms with E-state index in [1.165, 1.54) is 5.56 Å². The Balaban J connectivity index is 1.91. The number of hydrogen-bond donors (Lipinski definition) is 3. The number of piperidine rings is 1. The van der Waals surface area contributed by atoms with Crippen LogP contribution in [0, 0.1) is 0 Å². The summed E-state index contributed by atoms with van der Waals surface area (Å²) in [6, 6.07) is 6.17. The zero-order valence-electron chi connectivity index (χ0n) is 12.8. The van der Waals surface area contributed by atoms with E-state index in [4.69, 9.17) is 5.73 Å². The molecule has 23 heavy (non-hydrogen) atoms. The predicted octanol–water partition coefficient (Wildman–Crippen LogP) is 3.46. The second-order valence-corrected chi connectivity index (χ2v) is 6.87. The van der Waals surface area contributed by atoms with Crippen LogP contribution in [0.25, 0.3) is 22.0 Å². The van der Waals surface area contributed by atoms with Gasteiger partial charge in [0.1, 0.15) is 0 Å². The highest BCUT2D eigenvalue weighted by molar-refractivity contribution is 7.08. The van der Waals surface area contributed by atoms with Crippen molar-refractivity contribution in [3.05, 3.63) is 46.3 Å². The van der Waals surface area contributed by atoms with Crippen molar-refractivity contribution >= 4 is 28.1 Å². The maximum atomic E-state index is 11.9. The number of benzene rings is 1. The first kappa shape index (κ1) is 14.5. The number of carbonyl (C=O) groups is 1. The topological polar surface area (TPSA) is 70.9 Å². The number of amides is 1. The average molecular weight is 325 g/mol. The fraction of sp³-hybridized carbons (Fsp3) is 0.278. The number of H-pyrrole nitrogens is 1. The van der Waals surface area contributed by atoms with Gasteiger partial charge in [-0.15, -0.1) is 0 Å². The summed E-state index contributed by atoms with van der Waals surface area (Å²) in [4.78, 5) is 15.2. The summed E-state index contributed by atoms with van der Waals surface area (Å²) in [5.41, 5.74) is 10.6. The first-order valence-electron chi connectivity index (χ1n) is 7.92. The highest BCUT2D eigenvalue weighted by Crippen LogP contribution is 2.36. The highest BCUT2D eigenvalue weighted by atomic mass is 32.1. The molecule has 5 heteroatoms. The molecule has 4 nitrogen and oxygen atoms in total. The number of thiophene rings is 1. The fourth-order valence-corrected chi connectivity index (χ4v) is 4.18. The lowest BCUT2D eigenvalue weighted by Crippen LogP contribution is -2.26. The van der Waals surface area contributed by atoms with Crippen LogP contribution >= 0.6 is 11.3 Å². The molecule has 1 aliphatic rings. The summed E-state index contributed by atoms with van der Waals surface area (Å²) in [6.45, 7) is 2.09. The molecule has 1 saturated heterocycles. The fourth-order valence-electron chi connectivity index (χ4n) is 3.51. The molecule has 0 bridgehead atoms. The smallest absolute Gasteiger partial charge is 0.250 e. The number of rotatable bonds is 3. The normalized spacial score (nSPS) is 16.0. The summed E-state index contributed by atoms with van der Waals surface area (Å²) >= 11 is 1.66. The minimum absolute atomic E-state index is 0.384. The first-order chi connectivity index (χ1) is 11.2. The molecule has 2 aromatic heterocycles. The Hall–Kier alpha value is -2.11. The van der Waals surface area contributed by atoms with Gasteiger partial charge in [-0.2, -0.15) is 11.3 Å². The third-order valence-electron chi connectivity index (χ3n) is 4.72. The van der Waals surface area contributed by atoms with Gasteiger partial charge in [0, 0.05) is 11.6 Å². The molecule has 1 aliphatic heterocycles. The molecule has 0 saturated carbocycles. The maximum Gasteiger partial charge on any atom is 0.250 e. The van der Waals surface area contributed by atoms with Crippen molar-refractivity contribution in [3.8, 4) is 11.1 Å². The number of aromatic amines is 1. The summed E-state index contributed by atoms with van der Waals surface area (Å²) in [5.74, 6) is 0.147. The van der Waals surface area contributed by atoms with Crippen LogP contribution in [0.4, 0.5) is 0 Å². The van der Waals surface area contributed by atoms with Crippen molar-refractivity contribution in [2.45, 2.75) is 18.8 Å². The van der Waals surface area contributed by atoms with Gasteiger partial charge < -0.3 is 16.0 Å². The van der Waals surface area contributed by atoms with Gasteiger partial charge in [-0.05, 0) is 77.5 Å². The van der Waals surface area contributed by atoms with Crippen LogP contribution in [0.5, 0.6) is 0 Å². The lowest BCUT2D eigenvalue weighted by atomic mass is 9.88. The number of hydrogen-bond acceptors (Lipinski definition) is 3. The molecule has 3 heterocycles. The van der Waals surface area contributed by atoms with Crippen LogP contribution in [-0.2, 0) is 0 Å². The van der Waals surface area contributed by atoms with E-state index in [9.17, 15) is 4.79 Å². The van der Waals surface area contributed by atoms with E-state index in [-0.39, 0.29) is 5.91 Å². The third-order valence-corrected chi connectivity index (χ3v) is 5.40. The number of aromatic nitrogens is 1. The van der Waals surface area contributed by atoms with E-state index < -0.39 is 0 Å². The molecule has 0 unspecified atom stereocenters. The van der Waals surface area contributed by atoms with Gasteiger partial charge >= 0.3 is 0 Å². The number of primary amides is 1. The van der Waals surface area contributed by atoms with Crippen LogP contribution in [0.2, 0.25) is 0 Å². The average Bonchev–Trinajstić information content (AvgIpc) is 3.24. The lowest BCUT2D eigenvalue weighted by molar-refractivity contribution is 0.100. The molecule has 0 atom stereocenters. The predicted molar refractivity (Wildman–Crippen MR) is 95.0 cm³/mol. The van der Waals surface area contributed by atoms with E-state index in [1.807, 2.05) is 11.4 Å². The number of fused-ring (bicyclic) bond motifs is 1. The first-order valence-corrected chi connectivity index (χ1v) is 8.86. The minimum atomic E-state index is -0.384. The van der Waals surface area contributed by atoms with Gasteiger partial charge in [0.2, 0.25) is 0 Å². The van der Waals surface area contributed by atoms with E-state index in [0.29, 0.717) is 11.5 Å². The Morgan fingerprint density at radius 2 is 2.04 bits per heavy atom. The Kier molecular flexibility index (Phi) is 3.67. The Labute approximate surface area is 138 Å². The van der Waals surface area contributed by atoms with Gasteiger partial charge in [0.15, 0.2) is 0 Å². The molecule has 1 fully saturated rings. The van der Waals surface area contributed by atoms with Crippen molar-refractivity contribution in [2.24, 2.45) is 5.73 Å². The Morgan fingerprint density at radius 1 is 1.22 bits per heavy atom. The van der Waals surface area contributed by atoms with Crippen molar-refractivity contribution in [2.75, 3.05) is 13.1 Å². The quantitative estimate of drug-likeness (QED) is 0.690. The molecule has 4 rings (SSSR count). The van der Waals surface area contributed by atoms with E-state index >= 15 is 0 Å². The van der Waals surface area contributed by atoms with Crippen molar-refractivity contribution in [1.82, 2.24) is 10.3 Å². The minimum Gasteiger partial charge on any atom is -0.366 e. The molecule has 4 N–H and O–H groups in total. The van der Waals surface area contributed by atoms with Crippen LogP contribution in [0.1, 0.15) is 34.7 Å². The molecule has 1 amide bonds. The Morgan fingerprint density at radius 3 is 2.74 bits per heavy atom. The summed E-state index contributed by atoms with van der Waals surface area (Å²) < 4.78 is 0. The van der Waals surface area contributed by atoms with Gasteiger partial charge in [-0.3, -0.25) is 4.79 Å². The summed E-state index contributed by atoms with van der Waals surface area (Å²) in [5, 5.41) is 8.69. The van der Waals surface area contributed by atoms with Crippen LogP contribution < -0.4 is 11.1 Å².